The van der Waals surface area contributed by atoms with Crippen LogP contribution in [0.15, 0.2) is 24.3 Å². The fourth-order valence-corrected chi connectivity index (χ4v) is 4.09. The van der Waals surface area contributed by atoms with E-state index in [1.54, 1.807) is 12.1 Å². The maximum atomic E-state index is 12.9. The van der Waals surface area contributed by atoms with Crippen LogP contribution in [0.1, 0.15) is 31.7 Å². The summed E-state index contributed by atoms with van der Waals surface area (Å²) in [5.74, 6) is 0.869. The Morgan fingerprint density at radius 3 is 2.62 bits per heavy atom. The lowest BCUT2D eigenvalue weighted by atomic mass is 9.84. The molecule has 0 heterocycles. The Morgan fingerprint density at radius 2 is 2.00 bits per heavy atom. The van der Waals surface area contributed by atoms with E-state index in [1.807, 2.05) is 6.92 Å². The quantitative estimate of drug-likeness (QED) is 0.893. The van der Waals surface area contributed by atoms with Gasteiger partial charge in [-0.1, -0.05) is 12.1 Å². The zero-order valence-electron chi connectivity index (χ0n) is 12.4. The number of rotatable bonds is 4. The number of benzene rings is 1. The smallest absolute Gasteiger partial charge is 0.225 e. The summed E-state index contributed by atoms with van der Waals surface area (Å²) >= 11 is 0. The van der Waals surface area contributed by atoms with Gasteiger partial charge in [-0.2, -0.15) is 0 Å². The van der Waals surface area contributed by atoms with Crippen LogP contribution >= 0.6 is 0 Å². The average Bonchev–Trinajstić information content (AvgIpc) is 3.01. The molecule has 3 N–H and O–H groups in total. The predicted octanol–water partition coefficient (Wildman–Crippen LogP) is 2.25. The van der Waals surface area contributed by atoms with Crippen molar-refractivity contribution in [2.24, 2.45) is 23.5 Å². The van der Waals surface area contributed by atoms with E-state index in [0.717, 1.165) is 18.4 Å². The third kappa shape index (κ3) is 2.95. The molecule has 0 aliphatic heterocycles. The summed E-state index contributed by atoms with van der Waals surface area (Å²) in [6.45, 7) is 1.99. The molecule has 5 atom stereocenters. The monoisotopic (exact) mass is 290 g/mol. The van der Waals surface area contributed by atoms with Crippen LogP contribution in [0, 0.1) is 23.6 Å². The molecule has 1 amide bonds. The first-order valence-corrected chi connectivity index (χ1v) is 7.85. The van der Waals surface area contributed by atoms with Gasteiger partial charge in [0.1, 0.15) is 5.82 Å². The number of halogens is 1. The molecular weight excluding hydrogens is 267 g/mol. The Labute approximate surface area is 125 Å². The summed E-state index contributed by atoms with van der Waals surface area (Å²) in [6, 6.07) is 6.50. The van der Waals surface area contributed by atoms with Crippen molar-refractivity contribution in [1.82, 2.24) is 5.32 Å². The molecule has 3 nitrogen and oxygen atoms in total. The molecule has 5 unspecified atom stereocenters. The number of fused-ring (bicyclic) bond motifs is 2. The lowest BCUT2D eigenvalue weighted by Gasteiger charge is -2.28. The second kappa shape index (κ2) is 5.76. The standard InChI is InChI=1S/C17H23FN2O/c1-10(8-11-2-6-14(18)7-3-11)20-17(21)15-12-4-5-13(9-12)16(15)19/h2-3,6-7,10,12-13,15-16H,4-5,8-9,19H2,1H3,(H,20,21). The molecule has 1 aromatic carbocycles. The highest BCUT2D eigenvalue weighted by Crippen LogP contribution is 2.47. The van der Waals surface area contributed by atoms with Crippen molar-refractivity contribution in [3.63, 3.8) is 0 Å². The first-order chi connectivity index (χ1) is 10.0. The molecular formula is C17H23FN2O. The van der Waals surface area contributed by atoms with Crippen molar-refractivity contribution in [2.45, 2.75) is 44.7 Å². The van der Waals surface area contributed by atoms with E-state index < -0.39 is 0 Å². The Morgan fingerprint density at radius 1 is 1.33 bits per heavy atom. The van der Waals surface area contributed by atoms with Gasteiger partial charge in [-0.15, -0.1) is 0 Å². The summed E-state index contributed by atoms with van der Waals surface area (Å²) in [6.07, 6.45) is 4.15. The molecule has 0 saturated heterocycles. The second-order valence-electron chi connectivity index (χ2n) is 6.68. The molecule has 4 heteroatoms. The SMILES string of the molecule is CC(Cc1ccc(F)cc1)NC(=O)C1C2CCC(C2)C1N. The molecule has 1 aromatic rings. The topological polar surface area (TPSA) is 55.1 Å². The maximum absolute atomic E-state index is 12.9. The molecule has 2 saturated carbocycles. The van der Waals surface area contributed by atoms with Gasteiger partial charge in [0.2, 0.25) is 5.91 Å². The maximum Gasteiger partial charge on any atom is 0.225 e. The number of carbonyl (C=O) groups is 1. The van der Waals surface area contributed by atoms with E-state index in [1.165, 1.54) is 18.6 Å². The lowest BCUT2D eigenvalue weighted by Crippen LogP contribution is -2.47. The molecule has 2 aliphatic carbocycles. The third-order valence-electron chi connectivity index (χ3n) is 5.13. The van der Waals surface area contributed by atoms with Crippen LogP contribution in [-0.4, -0.2) is 18.0 Å². The Balaban J connectivity index is 1.56. The van der Waals surface area contributed by atoms with Crippen LogP contribution in [0.2, 0.25) is 0 Å². The van der Waals surface area contributed by atoms with E-state index in [4.69, 9.17) is 5.73 Å². The van der Waals surface area contributed by atoms with E-state index in [-0.39, 0.29) is 29.7 Å². The fourth-order valence-electron chi connectivity index (χ4n) is 4.09. The highest BCUT2D eigenvalue weighted by molar-refractivity contribution is 5.80. The van der Waals surface area contributed by atoms with Gasteiger partial charge in [0.05, 0.1) is 5.92 Å². The van der Waals surface area contributed by atoms with Gasteiger partial charge in [-0.25, -0.2) is 4.39 Å². The molecule has 0 aromatic heterocycles. The molecule has 2 aliphatic rings. The first-order valence-electron chi connectivity index (χ1n) is 7.85. The van der Waals surface area contributed by atoms with Crippen LogP contribution in [0.5, 0.6) is 0 Å². The largest absolute Gasteiger partial charge is 0.353 e. The van der Waals surface area contributed by atoms with E-state index in [9.17, 15) is 9.18 Å². The minimum absolute atomic E-state index is 0.0144. The average molecular weight is 290 g/mol. The molecule has 21 heavy (non-hydrogen) atoms. The van der Waals surface area contributed by atoms with Crippen molar-refractivity contribution in [3.8, 4) is 0 Å². The lowest BCUT2D eigenvalue weighted by molar-refractivity contribution is -0.127. The van der Waals surface area contributed by atoms with Crippen LogP contribution < -0.4 is 11.1 Å². The van der Waals surface area contributed by atoms with Gasteiger partial charge < -0.3 is 11.1 Å². The molecule has 114 valence electrons. The second-order valence-corrected chi connectivity index (χ2v) is 6.68. The minimum atomic E-state index is -0.233. The number of nitrogens with one attached hydrogen (secondary N) is 1. The molecule has 2 fully saturated rings. The predicted molar refractivity (Wildman–Crippen MR) is 80.0 cm³/mol. The molecule has 2 bridgehead atoms. The minimum Gasteiger partial charge on any atom is -0.353 e. The number of amides is 1. The fraction of sp³-hybridized carbons (Fsp3) is 0.588. The van der Waals surface area contributed by atoms with Crippen LogP contribution in [0.4, 0.5) is 4.39 Å². The number of hydrogen-bond acceptors (Lipinski definition) is 2. The van der Waals surface area contributed by atoms with Crippen molar-refractivity contribution in [3.05, 3.63) is 35.6 Å². The van der Waals surface area contributed by atoms with Gasteiger partial charge in [0, 0.05) is 12.1 Å². The summed E-state index contributed by atoms with van der Waals surface area (Å²) in [5, 5.41) is 3.09. The highest BCUT2D eigenvalue weighted by atomic mass is 19.1. The van der Waals surface area contributed by atoms with Crippen LogP contribution in [0.3, 0.4) is 0 Å². The summed E-state index contributed by atoms with van der Waals surface area (Å²) in [7, 11) is 0. The Kier molecular flexibility index (Phi) is 3.98. The van der Waals surface area contributed by atoms with Gasteiger partial charge in [-0.3, -0.25) is 4.79 Å². The van der Waals surface area contributed by atoms with Gasteiger partial charge >= 0.3 is 0 Å². The number of nitrogens with two attached hydrogens (primary N) is 1. The number of carbonyl (C=O) groups excluding carboxylic acids is 1. The highest BCUT2D eigenvalue weighted by Gasteiger charge is 2.49. The zero-order chi connectivity index (χ0) is 15.0. The first kappa shape index (κ1) is 14.5. The van der Waals surface area contributed by atoms with Gasteiger partial charge in [0.25, 0.3) is 0 Å². The van der Waals surface area contributed by atoms with E-state index in [0.29, 0.717) is 18.3 Å². The van der Waals surface area contributed by atoms with Gasteiger partial charge in [-0.05, 0) is 62.1 Å². The molecule has 0 radical (unpaired) electrons. The number of hydrogen-bond donors (Lipinski definition) is 2. The van der Waals surface area contributed by atoms with Crippen molar-refractivity contribution >= 4 is 5.91 Å². The summed E-state index contributed by atoms with van der Waals surface area (Å²) in [4.78, 5) is 12.4. The van der Waals surface area contributed by atoms with E-state index >= 15 is 0 Å². The Bertz CT molecular complexity index is 514. The normalized spacial score (nSPS) is 32.1. The van der Waals surface area contributed by atoms with Crippen LogP contribution in [0.25, 0.3) is 0 Å². The third-order valence-corrected chi connectivity index (χ3v) is 5.13. The van der Waals surface area contributed by atoms with Crippen molar-refractivity contribution < 1.29 is 9.18 Å². The van der Waals surface area contributed by atoms with Crippen molar-refractivity contribution in [2.75, 3.05) is 0 Å². The van der Waals surface area contributed by atoms with Crippen molar-refractivity contribution in [1.29, 1.82) is 0 Å². The Hall–Kier alpha value is -1.42. The molecule has 3 rings (SSSR count). The zero-order valence-corrected chi connectivity index (χ0v) is 12.4. The molecule has 0 spiro atoms. The van der Waals surface area contributed by atoms with Gasteiger partial charge in [0.15, 0.2) is 0 Å². The summed E-state index contributed by atoms with van der Waals surface area (Å²) < 4.78 is 12.9. The summed E-state index contributed by atoms with van der Waals surface area (Å²) in [5.41, 5.74) is 7.24. The van der Waals surface area contributed by atoms with E-state index in [2.05, 4.69) is 5.32 Å². The van der Waals surface area contributed by atoms with Crippen LogP contribution in [-0.2, 0) is 11.2 Å².